The van der Waals surface area contributed by atoms with Crippen LogP contribution in [-0.4, -0.2) is 99.3 Å². The summed E-state index contributed by atoms with van der Waals surface area (Å²) in [7, 11) is 0. The normalized spacial score (nSPS) is 17.9. The number of nitrogens with zero attached hydrogens (tertiary/aromatic N) is 7. The number of fused-ring (bicyclic) bond motifs is 1. The van der Waals surface area contributed by atoms with E-state index in [0.29, 0.717) is 30.3 Å². The Hall–Kier alpha value is -4.16. The van der Waals surface area contributed by atoms with Gasteiger partial charge in [0.25, 0.3) is 5.91 Å². The average Bonchev–Trinajstić information content (AvgIpc) is 3.67. The van der Waals surface area contributed by atoms with Gasteiger partial charge in [-0.2, -0.15) is 0 Å². The topological polar surface area (TPSA) is 134 Å². The number of amides is 1. The second kappa shape index (κ2) is 11.7. The molecular formula is C27H31N9O3. The van der Waals surface area contributed by atoms with Crippen LogP contribution in [0.3, 0.4) is 0 Å². The van der Waals surface area contributed by atoms with Crippen molar-refractivity contribution in [1.82, 2.24) is 40.1 Å². The van der Waals surface area contributed by atoms with Gasteiger partial charge in [-0.1, -0.05) is 12.1 Å². The molecule has 12 nitrogen and oxygen atoms in total. The molecule has 3 aromatic heterocycles. The monoisotopic (exact) mass is 529 g/mol. The number of anilines is 1. The van der Waals surface area contributed by atoms with E-state index in [1.807, 2.05) is 18.2 Å². The molecule has 202 valence electrons. The summed E-state index contributed by atoms with van der Waals surface area (Å²) < 4.78 is 11.4. The van der Waals surface area contributed by atoms with Crippen LogP contribution in [-0.2, 0) is 4.74 Å². The fourth-order valence-electron chi connectivity index (χ4n) is 5.04. The first kappa shape index (κ1) is 25.1. The van der Waals surface area contributed by atoms with Crippen molar-refractivity contribution in [3.05, 3.63) is 54.9 Å². The standard InChI is InChI=1S/C27H31N9O3/c37-27(28-6-8-35-9-11-38-12-10-35)20-4-1-3-19(13-20)24-29-14-22(15-30-24)39-16-21-5-2-7-36(21)26-23-25(32-17-31-23)33-18-34-26/h1,3-4,13-15,17-18,21H,2,5-12,16H2,(H,28,37)(H,31,32,33,34)/t21-/m1/s1. The molecule has 0 spiro atoms. The van der Waals surface area contributed by atoms with Crippen molar-refractivity contribution in [3.63, 3.8) is 0 Å². The fourth-order valence-corrected chi connectivity index (χ4v) is 5.04. The smallest absolute Gasteiger partial charge is 0.251 e. The second-order valence-electron chi connectivity index (χ2n) is 9.63. The van der Waals surface area contributed by atoms with E-state index >= 15 is 0 Å². The third-order valence-corrected chi connectivity index (χ3v) is 7.12. The molecule has 2 saturated heterocycles. The summed E-state index contributed by atoms with van der Waals surface area (Å²) in [5.41, 5.74) is 2.85. The Bertz CT molecular complexity index is 1410. The van der Waals surface area contributed by atoms with Crippen LogP contribution in [0.25, 0.3) is 22.6 Å². The first-order chi connectivity index (χ1) is 19.2. The Morgan fingerprint density at radius 1 is 1.10 bits per heavy atom. The van der Waals surface area contributed by atoms with E-state index in [0.717, 1.165) is 74.8 Å². The van der Waals surface area contributed by atoms with Gasteiger partial charge in [-0.25, -0.2) is 24.9 Å². The van der Waals surface area contributed by atoms with E-state index in [9.17, 15) is 4.79 Å². The van der Waals surface area contributed by atoms with Crippen LogP contribution in [0.5, 0.6) is 5.75 Å². The summed E-state index contributed by atoms with van der Waals surface area (Å²) >= 11 is 0. The number of imidazole rings is 1. The average molecular weight is 530 g/mol. The maximum absolute atomic E-state index is 12.7. The summed E-state index contributed by atoms with van der Waals surface area (Å²) in [4.78, 5) is 42.4. The van der Waals surface area contributed by atoms with Crippen molar-refractivity contribution in [2.45, 2.75) is 18.9 Å². The Labute approximate surface area is 225 Å². The van der Waals surface area contributed by atoms with E-state index < -0.39 is 0 Å². The number of H-pyrrole nitrogens is 1. The van der Waals surface area contributed by atoms with Gasteiger partial charge in [0.15, 0.2) is 23.0 Å². The van der Waals surface area contributed by atoms with Crippen LogP contribution in [0.1, 0.15) is 23.2 Å². The van der Waals surface area contributed by atoms with Gasteiger partial charge < -0.3 is 24.7 Å². The number of carbonyl (C=O) groups is 1. The molecule has 0 unspecified atom stereocenters. The summed E-state index contributed by atoms with van der Waals surface area (Å²) in [6.45, 7) is 6.07. The van der Waals surface area contributed by atoms with Crippen molar-refractivity contribution in [2.75, 3.05) is 57.4 Å². The highest BCUT2D eigenvalue weighted by Crippen LogP contribution is 2.28. The summed E-state index contributed by atoms with van der Waals surface area (Å²) in [6, 6.07) is 7.52. The first-order valence-corrected chi connectivity index (χ1v) is 13.3. The molecule has 0 bridgehead atoms. The van der Waals surface area contributed by atoms with Gasteiger partial charge in [0.2, 0.25) is 0 Å². The number of hydrogen-bond donors (Lipinski definition) is 2. The third kappa shape index (κ3) is 5.81. The summed E-state index contributed by atoms with van der Waals surface area (Å²) in [6.07, 6.45) is 8.59. The van der Waals surface area contributed by atoms with E-state index in [1.54, 1.807) is 31.1 Å². The number of nitrogens with one attached hydrogen (secondary N) is 2. The van der Waals surface area contributed by atoms with Crippen molar-refractivity contribution >= 4 is 22.9 Å². The molecule has 2 fully saturated rings. The van der Waals surface area contributed by atoms with Crippen molar-refractivity contribution in [3.8, 4) is 17.1 Å². The lowest BCUT2D eigenvalue weighted by molar-refractivity contribution is 0.0383. The predicted octanol–water partition coefficient (Wildman–Crippen LogP) is 1.92. The number of benzene rings is 1. The highest BCUT2D eigenvalue weighted by molar-refractivity contribution is 5.95. The van der Waals surface area contributed by atoms with Gasteiger partial charge in [0.05, 0.1) is 38.0 Å². The summed E-state index contributed by atoms with van der Waals surface area (Å²) in [5.74, 6) is 1.84. The van der Waals surface area contributed by atoms with E-state index in [1.165, 1.54) is 0 Å². The maximum atomic E-state index is 12.7. The minimum atomic E-state index is -0.109. The quantitative estimate of drug-likeness (QED) is 0.331. The molecule has 0 saturated carbocycles. The van der Waals surface area contributed by atoms with Gasteiger partial charge >= 0.3 is 0 Å². The molecule has 12 heteroatoms. The zero-order valence-electron chi connectivity index (χ0n) is 21.6. The second-order valence-corrected chi connectivity index (χ2v) is 9.63. The largest absolute Gasteiger partial charge is 0.488 e. The van der Waals surface area contributed by atoms with Crippen molar-refractivity contribution in [1.29, 1.82) is 0 Å². The Kier molecular flexibility index (Phi) is 7.54. The summed E-state index contributed by atoms with van der Waals surface area (Å²) in [5, 5.41) is 3.00. The van der Waals surface area contributed by atoms with Gasteiger partial charge in [0, 0.05) is 43.9 Å². The highest BCUT2D eigenvalue weighted by atomic mass is 16.5. The van der Waals surface area contributed by atoms with E-state index in [2.05, 4.69) is 45.0 Å². The number of morpholine rings is 1. The number of aromatic amines is 1. The number of aromatic nitrogens is 6. The number of hydrogen-bond acceptors (Lipinski definition) is 10. The first-order valence-electron chi connectivity index (χ1n) is 13.3. The molecule has 1 aromatic carbocycles. The fraction of sp³-hybridized carbons (Fsp3) is 0.407. The minimum Gasteiger partial charge on any atom is -0.488 e. The Morgan fingerprint density at radius 3 is 2.85 bits per heavy atom. The Balaban J connectivity index is 1.05. The maximum Gasteiger partial charge on any atom is 0.251 e. The van der Waals surface area contributed by atoms with Crippen LogP contribution in [0.2, 0.25) is 0 Å². The number of rotatable bonds is 9. The lowest BCUT2D eigenvalue weighted by Gasteiger charge is -2.26. The minimum absolute atomic E-state index is 0.109. The molecule has 2 aliphatic rings. The predicted molar refractivity (Wildman–Crippen MR) is 145 cm³/mol. The molecule has 2 N–H and O–H groups in total. The highest BCUT2D eigenvalue weighted by Gasteiger charge is 2.28. The van der Waals surface area contributed by atoms with Crippen LogP contribution < -0.4 is 15.0 Å². The SMILES string of the molecule is O=C(NCCN1CCOCC1)c1cccc(-c2ncc(OC[C@H]3CCCN3c3ncnc4[nH]cnc34)cn2)c1. The zero-order chi connectivity index (χ0) is 26.4. The van der Waals surface area contributed by atoms with Gasteiger partial charge in [0.1, 0.15) is 18.5 Å². The molecule has 6 rings (SSSR count). The lowest BCUT2D eigenvalue weighted by Crippen LogP contribution is -2.41. The molecule has 5 heterocycles. The number of carbonyl (C=O) groups excluding carboxylic acids is 1. The molecule has 39 heavy (non-hydrogen) atoms. The van der Waals surface area contributed by atoms with Crippen molar-refractivity contribution in [2.24, 2.45) is 0 Å². The molecule has 2 aliphatic heterocycles. The van der Waals surface area contributed by atoms with Crippen LogP contribution in [0, 0.1) is 0 Å². The van der Waals surface area contributed by atoms with Crippen LogP contribution in [0.4, 0.5) is 5.82 Å². The van der Waals surface area contributed by atoms with Gasteiger partial charge in [-0.3, -0.25) is 9.69 Å². The van der Waals surface area contributed by atoms with Crippen molar-refractivity contribution < 1.29 is 14.3 Å². The molecule has 0 radical (unpaired) electrons. The number of ether oxygens (including phenoxy) is 2. The van der Waals surface area contributed by atoms with Gasteiger partial charge in [-0.05, 0) is 25.0 Å². The van der Waals surface area contributed by atoms with Crippen LogP contribution >= 0.6 is 0 Å². The molecule has 4 aromatic rings. The van der Waals surface area contributed by atoms with Crippen LogP contribution in [0.15, 0.2) is 49.3 Å². The molecule has 1 amide bonds. The van der Waals surface area contributed by atoms with Gasteiger partial charge in [-0.15, -0.1) is 0 Å². The Morgan fingerprint density at radius 2 is 1.97 bits per heavy atom. The third-order valence-electron chi connectivity index (χ3n) is 7.12. The molecule has 0 aliphatic carbocycles. The van der Waals surface area contributed by atoms with E-state index in [4.69, 9.17) is 9.47 Å². The molecular weight excluding hydrogens is 498 g/mol. The molecule has 1 atom stereocenters. The zero-order valence-corrected chi connectivity index (χ0v) is 21.6. The lowest BCUT2D eigenvalue weighted by atomic mass is 10.1. The van der Waals surface area contributed by atoms with E-state index in [-0.39, 0.29) is 11.9 Å².